The van der Waals surface area contributed by atoms with Gasteiger partial charge in [-0.1, -0.05) is 6.07 Å². The number of nitrogen functional groups attached to an aromatic ring is 1. The van der Waals surface area contributed by atoms with Gasteiger partial charge >= 0.3 is 0 Å². The molecule has 0 saturated carbocycles. The summed E-state index contributed by atoms with van der Waals surface area (Å²) in [5.41, 5.74) is 11.9. The van der Waals surface area contributed by atoms with Crippen molar-refractivity contribution < 1.29 is 14.4 Å². The molecule has 3 amide bonds. The summed E-state index contributed by atoms with van der Waals surface area (Å²) in [7, 11) is 0. The van der Waals surface area contributed by atoms with Crippen LogP contribution in [-0.2, 0) is 9.59 Å². The van der Waals surface area contributed by atoms with Crippen LogP contribution in [0.3, 0.4) is 0 Å². The Labute approximate surface area is 109 Å². The predicted molar refractivity (Wildman–Crippen MR) is 69.2 cm³/mol. The summed E-state index contributed by atoms with van der Waals surface area (Å²) in [4.78, 5) is 34.0. The number of carbonyl (C=O) groups excluding carboxylic acids is 3. The number of hydrogen-bond acceptors (Lipinski definition) is 5. The number of benzene rings is 1. The van der Waals surface area contributed by atoms with E-state index in [0.717, 1.165) is 0 Å². The first-order chi connectivity index (χ1) is 8.99. The van der Waals surface area contributed by atoms with Crippen LogP contribution in [0.1, 0.15) is 23.2 Å². The largest absolute Gasteiger partial charge is 0.397 e. The van der Waals surface area contributed by atoms with E-state index < -0.39 is 17.9 Å². The molecule has 7 heteroatoms. The van der Waals surface area contributed by atoms with Crippen molar-refractivity contribution in [2.75, 3.05) is 11.1 Å². The summed E-state index contributed by atoms with van der Waals surface area (Å²) in [5.74, 6) is -1.38. The summed E-state index contributed by atoms with van der Waals surface area (Å²) < 4.78 is 0. The average Bonchev–Trinajstić information content (AvgIpc) is 2.34. The van der Waals surface area contributed by atoms with E-state index in [4.69, 9.17) is 11.5 Å². The van der Waals surface area contributed by atoms with Gasteiger partial charge in [-0.15, -0.1) is 0 Å². The number of anilines is 2. The number of primary amides is 1. The minimum atomic E-state index is -0.637. The highest BCUT2D eigenvalue weighted by molar-refractivity contribution is 6.04. The lowest BCUT2D eigenvalue weighted by Gasteiger charge is -2.24. The van der Waals surface area contributed by atoms with Crippen LogP contribution < -0.4 is 22.1 Å². The number of para-hydroxylation sites is 1. The third-order valence-corrected chi connectivity index (χ3v) is 2.92. The molecule has 1 aromatic rings. The fraction of sp³-hybridized carbons (Fsp3) is 0.250. The number of carbonyl (C=O) groups is 3. The molecule has 0 aromatic heterocycles. The SMILES string of the molecule is NC(=O)c1cccc(N)c1NC1CCC(=O)NC1=O. The average molecular weight is 262 g/mol. The van der Waals surface area contributed by atoms with Crippen molar-refractivity contribution in [2.45, 2.75) is 18.9 Å². The Kier molecular flexibility index (Phi) is 3.37. The predicted octanol–water partition coefficient (Wildman–Crippen LogP) is -0.415. The normalized spacial score (nSPS) is 18.8. The second kappa shape index (κ2) is 4.97. The van der Waals surface area contributed by atoms with Crippen LogP contribution in [0.2, 0.25) is 0 Å². The van der Waals surface area contributed by atoms with Crippen molar-refractivity contribution in [1.29, 1.82) is 0 Å². The number of rotatable bonds is 3. The van der Waals surface area contributed by atoms with Crippen LogP contribution in [0, 0.1) is 0 Å². The third-order valence-electron chi connectivity index (χ3n) is 2.92. The lowest BCUT2D eigenvalue weighted by Crippen LogP contribution is -2.47. The van der Waals surface area contributed by atoms with Gasteiger partial charge in [0.15, 0.2) is 0 Å². The lowest BCUT2D eigenvalue weighted by atomic mass is 10.0. The Balaban J connectivity index is 2.26. The van der Waals surface area contributed by atoms with Crippen molar-refractivity contribution in [1.82, 2.24) is 5.32 Å². The van der Waals surface area contributed by atoms with E-state index in [-0.39, 0.29) is 17.9 Å². The van der Waals surface area contributed by atoms with E-state index in [9.17, 15) is 14.4 Å². The van der Waals surface area contributed by atoms with Gasteiger partial charge in [0.05, 0.1) is 16.9 Å². The number of nitrogens with two attached hydrogens (primary N) is 2. The molecule has 1 aliphatic heterocycles. The molecule has 0 spiro atoms. The Morgan fingerprint density at radius 3 is 2.74 bits per heavy atom. The maximum Gasteiger partial charge on any atom is 0.250 e. The molecular weight excluding hydrogens is 248 g/mol. The van der Waals surface area contributed by atoms with E-state index in [1.807, 2.05) is 0 Å². The highest BCUT2D eigenvalue weighted by Crippen LogP contribution is 2.25. The third kappa shape index (κ3) is 2.65. The maximum absolute atomic E-state index is 11.7. The zero-order valence-corrected chi connectivity index (χ0v) is 10.1. The summed E-state index contributed by atoms with van der Waals surface area (Å²) in [6.07, 6.45) is 0.583. The van der Waals surface area contributed by atoms with Crippen molar-refractivity contribution in [3.05, 3.63) is 23.8 Å². The number of hydrogen-bond donors (Lipinski definition) is 4. The zero-order valence-electron chi connectivity index (χ0n) is 10.1. The summed E-state index contributed by atoms with van der Waals surface area (Å²) in [6, 6.07) is 4.11. The van der Waals surface area contributed by atoms with Crippen LogP contribution in [0.25, 0.3) is 0 Å². The van der Waals surface area contributed by atoms with Crippen molar-refractivity contribution >= 4 is 29.1 Å². The fourth-order valence-corrected chi connectivity index (χ4v) is 1.94. The highest BCUT2D eigenvalue weighted by atomic mass is 16.2. The number of nitrogens with one attached hydrogen (secondary N) is 2. The van der Waals surface area contributed by atoms with Gasteiger partial charge in [0, 0.05) is 6.42 Å². The number of amides is 3. The lowest BCUT2D eigenvalue weighted by molar-refractivity contribution is -0.133. The van der Waals surface area contributed by atoms with E-state index in [2.05, 4.69) is 10.6 Å². The smallest absolute Gasteiger partial charge is 0.250 e. The van der Waals surface area contributed by atoms with Crippen LogP contribution in [-0.4, -0.2) is 23.8 Å². The van der Waals surface area contributed by atoms with Gasteiger partial charge in [0.2, 0.25) is 11.8 Å². The Bertz CT molecular complexity index is 556. The molecule has 1 saturated heterocycles. The van der Waals surface area contributed by atoms with Gasteiger partial charge < -0.3 is 16.8 Å². The minimum absolute atomic E-state index is 0.213. The van der Waals surface area contributed by atoms with Gasteiger partial charge in [-0.25, -0.2) is 0 Å². The minimum Gasteiger partial charge on any atom is -0.397 e. The summed E-state index contributed by atoms with van der Waals surface area (Å²) in [6.45, 7) is 0. The second-order valence-electron chi connectivity index (χ2n) is 4.28. The molecule has 1 fully saturated rings. The molecular formula is C12H14N4O3. The van der Waals surface area contributed by atoms with E-state index >= 15 is 0 Å². The monoisotopic (exact) mass is 262 g/mol. The molecule has 7 nitrogen and oxygen atoms in total. The van der Waals surface area contributed by atoms with Gasteiger partial charge in [-0.3, -0.25) is 19.7 Å². The molecule has 1 atom stereocenters. The van der Waals surface area contributed by atoms with E-state index in [1.54, 1.807) is 12.1 Å². The van der Waals surface area contributed by atoms with Crippen LogP contribution >= 0.6 is 0 Å². The molecule has 1 heterocycles. The molecule has 19 heavy (non-hydrogen) atoms. The Morgan fingerprint density at radius 2 is 2.11 bits per heavy atom. The first-order valence-corrected chi connectivity index (χ1v) is 5.77. The number of imide groups is 1. The van der Waals surface area contributed by atoms with Crippen molar-refractivity contribution in [3.63, 3.8) is 0 Å². The molecule has 100 valence electrons. The fourth-order valence-electron chi connectivity index (χ4n) is 1.94. The van der Waals surface area contributed by atoms with Gasteiger partial charge in [-0.05, 0) is 18.6 Å². The summed E-state index contributed by atoms with van der Waals surface area (Å²) in [5, 5.41) is 5.10. The van der Waals surface area contributed by atoms with Crippen molar-refractivity contribution in [3.8, 4) is 0 Å². The summed E-state index contributed by atoms with van der Waals surface area (Å²) >= 11 is 0. The molecule has 1 aliphatic rings. The van der Waals surface area contributed by atoms with Gasteiger partial charge in [0.1, 0.15) is 6.04 Å². The first kappa shape index (κ1) is 12.9. The Morgan fingerprint density at radius 1 is 1.37 bits per heavy atom. The molecule has 1 aromatic carbocycles. The van der Waals surface area contributed by atoms with E-state index in [1.165, 1.54) is 6.07 Å². The van der Waals surface area contributed by atoms with Gasteiger partial charge in [-0.2, -0.15) is 0 Å². The van der Waals surface area contributed by atoms with Crippen LogP contribution in [0.15, 0.2) is 18.2 Å². The van der Waals surface area contributed by atoms with Crippen molar-refractivity contribution in [2.24, 2.45) is 5.73 Å². The molecule has 2 rings (SSSR count). The maximum atomic E-state index is 11.7. The second-order valence-corrected chi connectivity index (χ2v) is 4.28. The quantitative estimate of drug-likeness (QED) is 0.435. The van der Waals surface area contributed by atoms with E-state index in [0.29, 0.717) is 17.8 Å². The standard InChI is InChI=1S/C12H14N4O3/c13-7-3-1-2-6(11(14)18)10(7)15-8-4-5-9(17)16-12(8)19/h1-3,8,15H,4-5,13H2,(H2,14,18)(H,16,17,19). The molecule has 0 bridgehead atoms. The molecule has 0 radical (unpaired) electrons. The zero-order chi connectivity index (χ0) is 14.0. The number of piperidine rings is 1. The Hall–Kier alpha value is -2.57. The first-order valence-electron chi connectivity index (χ1n) is 5.77. The molecule has 0 aliphatic carbocycles. The topological polar surface area (TPSA) is 127 Å². The highest BCUT2D eigenvalue weighted by Gasteiger charge is 2.27. The molecule has 6 N–H and O–H groups in total. The van der Waals surface area contributed by atoms with Gasteiger partial charge in [0.25, 0.3) is 5.91 Å². The van der Waals surface area contributed by atoms with Crippen LogP contribution in [0.5, 0.6) is 0 Å². The molecule has 1 unspecified atom stereocenters. The van der Waals surface area contributed by atoms with Crippen LogP contribution in [0.4, 0.5) is 11.4 Å².